The molecular weight excluding hydrogens is 214 g/mol. The van der Waals surface area contributed by atoms with Crippen molar-refractivity contribution in [1.82, 2.24) is 20.3 Å². The minimum Gasteiger partial charge on any atom is -0.394 e. The predicted octanol–water partition coefficient (Wildman–Crippen LogP) is -2.79. The lowest BCUT2D eigenvalue weighted by molar-refractivity contribution is -0.123. The minimum absolute atomic E-state index is 0.0243. The molecule has 5 N–H and O–H groups in total. The largest absolute Gasteiger partial charge is 0.394 e. The molecule has 1 amide bonds. The Labute approximate surface area is 92.1 Å². The lowest BCUT2D eigenvalue weighted by Crippen LogP contribution is -2.41. The summed E-state index contributed by atoms with van der Waals surface area (Å²) >= 11 is 0. The number of hydrogen-bond donors (Lipinski definition) is 4. The van der Waals surface area contributed by atoms with Crippen LogP contribution < -0.4 is 11.1 Å². The fourth-order valence-electron chi connectivity index (χ4n) is 1.08. The topological polar surface area (TPSA) is 126 Å². The van der Waals surface area contributed by atoms with Gasteiger partial charge in [-0.05, 0) is 0 Å². The number of hydrogen-bond acceptors (Lipinski definition) is 6. The molecule has 0 aliphatic rings. The van der Waals surface area contributed by atoms with Crippen molar-refractivity contribution < 1.29 is 15.0 Å². The molecule has 0 radical (unpaired) electrons. The molecule has 0 aliphatic heterocycles. The molecule has 0 aromatic carbocycles. The first-order valence-electron chi connectivity index (χ1n) is 4.79. The zero-order chi connectivity index (χ0) is 12.0. The second-order valence-electron chi connectivity index (χ2n) is 3.24. The van der Waals surface area contributed by atoms with Gasteiger partial charge in [-0.25, -0.2) is 4.68 Å². The molecule has 8 nitrogen and oxygen atoms in total. The molecule has 90 valence electrons. The average molecular weight is 229 g/mol. The summed E-state index contributed by atoms with van der Waals surface area (Å²) in [5.41, 5.74) is 5.93. The predicted molar refractivity (Wildman–Crippen MR) is 54.0 cm³/mol. The number of amides is 1. The molecule has 0 spiro atoms. The number of aliphatic hydroxyl groups is 2. The first-order chi connectivity index (χ1) is 7.69. The maximum atomic E-state index is 11.4. The second-order valence-corrected chi connectivity index (χ2v) is 3.24. The second kappa shape index (κ2) is 6.16. The van der Waals surface area contributed by atoms with Gasteiger partial charge in [0.2, 0.25) is 5.91 Å². The summed E-state index contributed by atoms with van der Waals surface area (Å²) in [6.45, 7) is -0.387. The molecule has 0 unspecified atom stereocenters. The van der Waals surface area contributed by atoms with Crippen molar-refractivity contribution in [1.29, 1.82) is 0 Å². The number of rotatable bonds is 6. The van der Waals surface area contributed by atoms with Crippen LogP contribution in [0.25, 0.3) is 0 Å². The molecule has 0 bridgehead atoms. The summed E-state index contributed by atoms with van der Waals surface area (Å²) in [7, 11) is 0. The van der Waals surface area contributed by atoms with E-state index in [-0.39, 0.29) is 32.2 Å². The van der Waals surface area contributed by atoms with E-state index in [1.54, 1.807) is 6.20 Å². The van der Waals surface area contributed by atoms with E-state index in [0.29, 0.717) is 5.69 Å². The van der Waals surface area contributed by atoms with Crippen LogP contribution in [0.4, 0.5) is 0 Å². The summed E-state index contributed by atoms with van der Waals surface area (Å²) in [5, 5.41) is 27.4. The molecule has 16 heavy (non-hydrogen) atoms. The van der Waals surface area contributed by atoms with Gasteiger partial charge < -0.3 is 21.3 Å². The van der Waals surface area contributed by atoms with Crippen molar-refractivity contribution in [3.05, 3.63) is 11.9 Å². The number of carbonyl (C=O) groups is 1. The van der Waals surface area contributed by atoms with E-state index in [9.17, 15) is 4.79 Å². The van der Waals surface area contributed by atoms with Crippen LogP contribution >= 0.6 is 0 Å². The summed E-state index contributed by atoms with van der Waals surface area (Å²) in [4.78, 5) is 11.4. The third-order valence-electron chi connectivity index (χ3n) is 1.91. The van der Waals surface area contributed by atoms with Gasteiger partial charge in [-0.1, -0.05) is 5.21 Å². The van der Waals surface area contributed by atoms with Gasteiger partial charge in [0.05, 0.1) is 31.1 Å². The number of nitrogens with two attached hydrogens (primary N) is 1. The van der Waals surface area contributed by atoms with Gasteiger partial charge in [-0.2, -0.15) is 0 Å². The van der Waals surface area contributed by atoms with Crippen molar-refractivity contribution in [2.24, 2.45) is 5.73 Å². The Morgan fingerprint density at radius 3 is 2.75 bits per heavy atom. The van der Waals surface area contributed by atoms with Gasteiger partial charge in [0.25, 0.3) is 0 Å². The number of aromatic nitrogens is 3. The molecule has 1 rings (SSSR count). The maximum Gasteiger partial charge on any atom is 0.242 e. The molecule has 1 heterocycles. The van der Waals surface area contributed by atoms with E-state index in [1.807, 2.05) is 0 Å². The number of aliphatic hydroxyl groups excluding tert-OH is 2. The number of nitrogens with one attached hydrogen (secondary N) is 1. The van der Waals surface area contributed by atoms with E-state index in [0.717, 1.165) is 0 Å². The third kappa shape index (κ3) is 3.57. The van der Waals surface area contributed by atoms with Crippen molar-refractivity contribution in [3.8, 4) is 0 Å². The Hall–Kier alpha value is -1.51. The molecule has 0 saturated heterocycles. The quantitative estimate of drug-likeness (QED) is 0.417. The minimum atomic E-state index is -0.648. The first kappa shape index (κ1) is 12.6. The van der Waals surface area contributed by atoms with E-state index < -0.39 is 6.04 Å². The fraction of sp³-hybridized carbons (Fsp3) is 0.625. The standard InChI is InChI=1S/C8H15N5O3/c9-1-6-2-13(12-11-6)3-8(16)10-7(4-14)5-15/h2,7,14-15H,1,3-5,9H2,(H,10,16). The Bertz CT molecular complexity index is 336. The normalized spacial score (nSPS) is 10.8. The summed E-state index contributed by atoms with van der Waals surface area (Å²) in [5.74, 6) is -0.360. The van der Waals surface area contributed by atoms with Crippen LogP contribution in [-0.4, -0.2) is 50.4 Å². The fourth-order valence-corrected chi connectivity index (χ4v) is 1.08. The van der Waals surface area contributed by atoms with Gasteiger partial charge in [-0.3, -0.25) is 4.79 Å². The van der Waals surface area contributed by atoms with Crippen LogP contribution in [0.5, 0.6) is 0 Å². The molecule has 0 aliphatic carbocycles. The van der Waals surface area contributed by atoms with Gasteiger partial charge in [0.15, 0.2) is 0 Å². The third-order valence-corrected chi connectivity index (χ3v) is 1.91. The highest BCUT2D eigenvalue weighted by Gasteiger charge is 2.11. The van der Waals surface area contributed by atoms with Crippen molar-refractivity contribution in [2.75, 3.05) is 13.2 Å². The highest BCUT2D eigenvalue weighted by atomic mass is 16.3. The smallest absolute Gasteiger partial charge is 0.242 e. The molecule has 8 heteroatoms. The highest BCUT2D eigenvalue weighted by Crippen LogP contribution is 1.91. The monoisotopic (exact) mass is 229 g/mol. The molecule has 1 aromatic rings. The van der Waals surface area contributed by atoms with Crippen LogP contribution in [0.1, 0.15) is 5.69 Å². The van der Waals surface area contributed by atoms with Gasteiger partial charge in [0, 0.05) is 6.54 Å². The molecular formula is C8H15N5O3. The zero-order valence-electron chi connectivity index (χ0n) is 8.70. The number of carbonyl (C=O) groups excluding carboxylic acids is 1. The Morgan fingerprint density at radius 2 is 2.25 bits per heavy atom. The maximum absolute atomic E-state index is 11.4. The van der Waals surface area contributed by atoms with Crippen LogP contribution in [0.2, 0.25) is 0 Å². The van der Waals surface area contributed by atoms with E-state index in [2.05, 4.69) is 15.6 Å². The average Bonchev–Trinajstić information content (AvgIpc) is 2.73. The van der Waals surface area contributed by atoms with Crippen molar-refractivity contribution >= 4 is 5.91 Å². The molecule has 0 atom stereocenters. The van der Waals surface area contributed by atoms with Crippen LogP contribution in [0.3, 0.4) is 0 Å². The Morgan fingerprint density at radius 1 is 1.56 bits per heavy atom. The van der Waals surface area contributed by atoms with E-state index in [1.165, 1.54) is 4.68 Å². The van der Waals surface area contributed by atoms with E-state index >= 15 is 0 Å². The first-order valence-corrected chi connectivity index (χ1v) is 4.79. The zero-order valence-corrected chi connectivity index (χ0v) is 8.70. The lowest BCUT2D eigenvalue weighted by atomic mass is 10.3. The van der Waals surface area contributed by atoms with Crippen LogP contribution in [0, 0.1) is 0 Å². The SMILES string of the molecule is NCc1cn(CC(=O)NC(CO)CO)nn1. The lowest BCUT2D eigenvalue weighted by Gasteiger charge is -2.12. The molecule has 0 fully saturated rings. The van der Waals surface area contributed by atoms with Crippen LogP contribution in [0.15, 0.2) is 6.20 Å². The highest BCUT2D eigenvalue weighted by molar-refractivity contribution is 5.75. The van der Waals surface area contributed by atoms with Crippen molar-refractivity contribution in [2.45, 2.75) is 19.1 Å². The van der Waals surface area contributed by atoms with Gasteiger partial charge >= 0.3 is 0 Å². The number of nitrogens with zero attached hydrogens (tertiary/aromatic N) is 3. The molecule has 0 saturated carbocycles. The summed E-state index contributed by atoms with van der Waals surface area (Å²) in [6.07, 6.45) is 1.56. The molecule has 1 aromatic heterocycles. The van der Waals surface area contributed by atoms with Crippen molar-refractivity contribution in [3.63, 3.8) is 0 Å². The van der Waals surface area contributed by atoms with Gasteiger partial charge in [-0.15, -0.1) is 5.10 Å². The van der Waals surface area contributed by atoms with Crippen LogP contribution in [-0.2, 0) is 17.9 Å². The Balaban J connectivity index is 2.44. The Kier molecular flexibility index (Phi) is 4.83. The van der Waals surface area contributed by atoms with Gasteiger partial charge in [0.1, 0.15) is 6.54 Å². The van der Waals surface area contributed by atoms with E-state index in [4.69, 9.17) is 15.9 Å². The summed E-state index contributed by atoms with van der Waals surface area (Å²) < 4.78 is 1.34. The summed E-state index contributed by atoms with van der Waals surface area (Å²) in [6, 6.07) is -0.648.